The molecule has 1 aromatic carbocycles. The quantitative estimate of drug-likeness (QED) is 0.809. The molecule has 1 aliphatic carbocycles. The van der Waals surface area contributed by atoms with Crippen LogP contribution in [0.4, 0.5) is 0 Å². The first-order valence-electron chi connectivity index (χ1n) is 6.00. The third kappa shape index (κ3) is 3.24. The van der Waals surface area contributed by atoms with Crippen LogP contribution in [0.1, 0.15) is 37.8 Å². The van der Waals surface area contributed by atoms with Gasteiger partial charge in [-0.25, -0.2) is 0 Å². The van der Waals surface area contributed by atoms with Gasteiger partial charge in [-0.2, -0.15) is 5.26 Å². The molecule has 17 heavy (non-hydrogen) atoms. The molecule has 0 heterocycles. The predicted molar refractivity (Wildman–Crippen MR) is 71.7 cm³/mol. The predicted octanol–water partition coefficient (Wildman–Crippen LogP) is 3.49. The molecule has 1 fully saturated rings. The number of benzene rings is 1. The maximum absolute atomic E-state index is 8.76. The highest BCUT2D eigenvalue weighted by molar-refractivity contribution is 7.99. The Labute approximate surface area is 107 Å². The molecule has 2 rings (SSSR count). The molecular weight excluding hydrogens is 228 g/mol. The number of thioether (sulfide) groups is 1. The lowest BCUT2D eigenvalue weighted by Gasteiger charge is -2.11. The first kappa shape index (κ1) is 12.5. The number of rotatable bonds is 5. The van der Waals surface area contributed by atoms with Crippen molar-refractivity contribution in [2.45, 2.75) is 37.1 Å². The summed E-state index contributed by atoms with van der Waals surface area (Å²) < 4.78 is 0. The van der Waals surface area contributed by atoms with E-state index in [0.29, 0.717) is 11.8 Å². The lowest BCUT2D eigenvalue weighted by molar-refractivity contribution is 0.604. The Morgan fingerprint density at radius 3 is 2.53 bits per heavy atom. The lowest BCUT2D eigenvalue weighted by atomic mass is 10.1. The molecule has 0 aliphatic heterocycles. The fraction of sp³-hybridized carbons (Fsp3) is 0.500. The van der Waals surface area contributed by atoms with Gasteiger partial charge in [0, 0.05) is 23.1 Å². The maximum atomic E-state index is 8.76. The zero-order valence-electron chi connectivity index (χ0n) is 10.1. The molecular formula is C14H18N2S. The number of nitrogens with zero attached hydrogens (tertiary/aromatic N) is 1. The summed E-state index contributed by atoms with van der Waals surface area (Å²) in [5.41, 5.74) is 7.31. The Bertz CT molecular complexity index is 413. The van der Waals surface area contributed by atoms with Gasteiger partial charge >= 0.3 is 0 Å². The highest BCUT2D eigenvalue weighted by Gasteiger charge is 2.42. The third-order valence-electron chi connectivity index (χ3n) is 3.36. The summed E-state index contributed by atoms with van der Waals surface area (Å²) in [5, 5.41) is 8.76. The highest BCUT2D eigenvalue weighted by Crippen LogP contribution is 2.51. The van der Waals surface area contributed by atoms with Crippen molar-refractivity contribution in [2.24, 2.45) is 11.1 Å². The summed E-state index contributed by atoms with van der Waals surface area (Å²) in [4.78, 5) is 1.28. The van der Waals surface area contributed by atoms with Gasteiger partial charge in [-0.1, -0.05) is 12.1 Å². The van der Waals surface area contributed by atoms with Crippen LogP contribution >= 0.6 is 11.8 Å². The van der Waals surface area contributed by atoms with E-state index in [4.69, 9.17) is 11.0 Å². The standard InChI is InChI=1S/C14H18N2S/c1-11(16)12-2-4-13(5-3-12)17-10-14(6-7-14)8-9-15/h2-5,11H,6-8,10,16H2,1H3. The largest absolute Gasteiger partial charge is 0.324 e. The first-order valence-corrected chi connectivity index (χ1v) is 6.99. The van der Waals surface area contributed by atoms with Crippen LogP contribution in [0.5, 0.6) is 0 Å². The summed E-state index contributed by atoms with van der Waals surface area (Å²) in [6.45, 7) is 1.99. The van der Waals surface area contributed by atoms with E-state index >= 15 is 0 Å². The molecule has 1 unspecified atom stereocenters. The monoisotopic (exact) mass is 246 g/mol. The molecule has 1 atom stereocenters. The van der Waals surface area contributed by atoms with E-state index in [1.165, 1.54) is 23.3 Å². The Morgan fingerprint density at radius 1 is 1.41 bits per heavy atom. The zero-order valence-corrected chi connectivity index (χ0v) is 11.0. The van der Waals surface area contributed by atoms with E-state index in [9.17, 15) is 0 Å². The third-order valence-corrected chi connectivity index (χ3v) is 4.72. The second-order valence-electron chi connectivity index (χ2n) is 4.98. The van der Waals surface area contributed by atoms with Crippen LogP contribution in [0, 0.1) is 16.7 Å². The van der Waals surface area contributed by atoms with Crippen LogP contribution in [0.3, 0.4) is 0 Å². The van der Waals surface area contributed by atoms with Gasteiger partial charge in [-0.3, -0.25) is 0 Å². The van der Waals surface area contributed by atoms with Crippen LogP contribution in [0.2, 0.25) is 0 Å². The van der Waals surface area contributed by atoms with Crippen LogP contribution in [0.25, 0.3) is 0 Å². The molecule has 1 aliphatic rings. The normalized spacial score (nSPS) is 18.4. The Hall–Kier alpha value is -0.980. The summed E-state index contributed by atoms with van der Waals surface area (Å²) >= 11 is 1.86. The van der Waals surface area contributed by atoms with E-state index < -0.39 is 0 Å². The van der Waals surface area contributed by atoms with Crippen molar-refractivity contribution in [3.05, 3.63) is 29.8 Å². The molecule has 90 valence electrons. The maximum Gasteiger partial charge on any atom is 0.0627 e. The number of nitriles is 1. The van der Waals surface area contributed by atoms with E-state index in [-0.39, 0.29) is 6.04 Å². The van der Waals surface area contributed by atoms with E-state index in [1.54, 1.807) is 0 Å². The Morgan fingerprint density at radius 2 is 2.06 bits per heavy atom. The van der Waals surface area contributed by atoms with Gasteiger partial charge < -0.3 is 5.73 Å². The molecule has 2 nitrogen and oxygen atoms in total. The molecule has 0 bridgehead atoms. The lowest BCUT2D eigenvalue weighted by Crippen LogP contribution is -2.04. The topological polar surface area (TPSA) is 49.8 Å². The van der Waals surface area contributed by atoms with Crippen molar-refractivity contribution in [1.82, 2.24) is 0 Å². The smallest absolute Gasteiger partial charge is 0.0627 e. The molecule has 2 N–H and O–H groups in total. The average Bonchev–Trinajstić information content (AvgIpc) is 3.08. The number of hydrogen-bond acceptors (Lipinski definition) is 3. The molecule has 0 saturated heterocycles. The molecule has 0 amide bonds. The minimum atomic E-state index is 0.0995. The summed E-state index contributed by atoms with van der Waals surface area (Å²) in [6.07, 6.45) is 3.13. The highest BCUT2D eigenvalue weighted by atomic mass is 32.2. The van der Waals surface area contributed by atoms with E-state index in [2.05, 4.69) is 30.3 Å². The van der Waals surface area contributed by atoms with Gasteiger partial charge in [0.15, 0.2) is 0 Å². The van der Waals surface area contributed by atoms with Crippen molar-refractivity contribution >= 4 is 11.8 Å². The zero-order chi connectivity index (χ0) is 12.3. The fourth-order valence-electron chi connectivity index (χ4n) is 1.82. The summed E-state index contributed by atoms with van der Waals surface area (Å²) in [7, 11) is 0. The van der Waals surface area contributed by atoms with Crippen molar-refractivity contribution in [3.63, 3.8) is 0 Å². The molecule has 1 saturated carbocycles. The minimum absolute atomic E-state index is 0.0995. The Balaban J connectivity index is 1.90. The fourth-order valence-corrected chi connectivity index (χ4v) is 3.01. The minimum Gasteiger partial charge on any atom is -0.324 e. The van der Waals surface area contributed by atoms with Crippen molar-refractivity contribution in [1.29, 1.82) is 5.26 Å². The van der Waals surface area contributed by atoms with Crippen LogP contribution in [-0.4, -0.2) is 5.75 Å². The van der Waals surface area contributed by atoms with Crippen LogP contribution in [0.15, 0.2) is 29.2 Å². The van der Waals surface area contributed by atoms with Crippen molar-refractivity contribution in [2.75, 3.05) is 5.75 Å². The van der Waals surface area contributed by atoms with Gasteiger partial charge in [0.2, 0.25) is 0 Å². The number of nitrogens with two attached hydrogens (primary N) is 1. The SMILES string of the molecule is CC(N)c1ccc(SCC2(CC#N)CC2)cc1. The second kappa shape index (κ2) is 5.12. The Kier molecular flexibility index (Phi) is 3.76. The van der Waals surface area contributed by atoms with Crippen LogP contribution < -0.4 is 5.73 Å². The van der Waals surface area contributed by atoms with Gasteiger partial charge in [0.1, 0.15) is 0 Å². The molecule has 1 aromatic rings. The van der Waals surface area contributed by atoms with Crippen LogP contribution in [-0.2, 0) is 0 Å². The van der Waals surface area contributed by atoms with Crippen molar-refractivity contribution < 1.29 is 0 Å². The van der Waals surface area contributed by atoms with Gasteiger partial charge in [-0.05, 0) is 42.9 Å². The number of hydrogen-bond donors (Lipinski definition) is 1. The average molecular weight is 246 g/mol. The summed E-state index contributed by atoms with van der Waals surface area (Å²) in [6, 6.07) is 10.9. The van der Waals surface area contributed by atoms with E-state index in [0.717, 1.165) is 5.75 Å². The van der Waals surface area contributed by atoms with Gasteiger partial charge in [0.05, 0.1) is 6.07 Å². The van der Waals surface area contributed by atoms with E-state index in [1.807, 2.05) is 18.7 Å². The molecule has 3 heteroatoms. The van der Waals surface area contributed by atoms with Gasteiger partial charge in [0.25, 0.3) is 0 Å². The second-order valence-corrected chi connectivity index (χ2v) is 6.03. The van der Waals surface area contributed by atoms with Gasteiger partial charge in [-0.15, -0.1) is 11.8 Å². The molecule has 0 radical (unpaired) electrons. The first-order chi connectivity index (χ1) is 8.15. The van der Waals surface area contributed by atoms with Crippen molar-refractivity contribution in [3.8, 4) is 6.07 Å². The summed E-state index contributed by atoms with van der Waals surface area (Å²) in [5.74, 6) is 1.07. The molecule has 0 aromatic heterocycles. The molecule has 0 spiro atoms.